The minimum Gasteiger partial charge on any atom is -0.493 e. The summed E-state index contributed by atoms with van der Waals surface area (Å²) >= 11 is 0. The predicted molar refractivity (Wildman–Crippen MR) is 116 cm³/mol. The number of methoxy groups -OCH3 is 3. The topological polar surface area (TPSA) is 57.2 Å². The van der Waals surface area contributed by atoms with Crippen molar-refractivity contribution in [3.63, 3.8) is 0 Å². The highest BCUT2D eigenvalue weighted by molar-refractivity contribution is 5.91. The monoisotopic (exact) mass is 413 g/mol. The van der Waals surface area contributed by atoms with Gasteiger partial charge in [-0.2, -0.15) is 0 Å². The van der Waals surface area contributed by atoms with Gasteiger partial charge in [-0.15, -0.1) is 0 Å². The number of likely N-dealkylation sites (tertiary alicyclic amines) is 1. The molecule has 1 aliphatic rings. The molecule has 1 heterocycles. The molecule has 0 saturated carbocycles. The van der Waals surface area contributed by atoms with Crippen molar-refractivity contribution in [3.05, 3.63) is 53.6 Å². The second kappa shape index (κ2) is 10.9. The summed E-state index contributed by atoms with van der Waals surface area (Å²) in [5, 5.41) is 0. The molecule has 0 aromatic heterocycles. The van der Waals surface area contributed by atoms with E-state index in [9.17, 15) is 4.79 Å². The zero-order chi connectivity index (χ0) is 21.3. The zero-order valence-corrected chi connectivity index (χ0v) is 18.1. The third-order valence-electron chi connectivity index (χ3n) is 5.52. The molecule has 1 aliphatic heterocycles. The van der Waals surface area contributed by atoms with Crippen molar-refractivity contribution in [2.24, 2.45) is 0 Å². The third-order valence-corrected chi connectivity index (χ3v) is 5.52. The second-order valence-electron chi connectivity index (χ2n) is 7.36. The summed E-state index contributed by atoms with van der Waals surface area (Å²) in [7, 11) is 4.57. The molecular formula is C24H31NO5. The van der Waals surface area contributed by atoms with Gasteiger partial charge in [-0.3, -0.25) is 4.90 Å². The first kappa shape index (κ1) is 22.0. The van der Waals surface area contributed by atoms with E-state index in [0.717, 1.165) is 19.5 Å². The molecule has 0 spiro atoms. The fraction of sp³-hybridized carbons (Fsp3) is 0.458. The number of nitrogens with zero attached hydrogens (tertiary/aromatic N) is 1. The number of carbonyl (C=O) groups is 1. The molecule has 0 N–H and O–H groups in total. The molecule has 1 saturated heterocycles. The van der Waals surface area contributed by atoms with Crippen LogP contribution in [0.1, 0.15) is 47.6 Å². The standard InChI is InChI=1S/C24H31NO5/c1-27-21-16-19(17-22(28-2)23(21)29-3)24(26)30-15-9-14-25-13-8-7-12-20(25)18-10-5-4-6-11-18/h4-6,10-11,16-17,20H,7-9,12-15H2,1-3H3. The Morgan fingerprint density at radius 2 is 1.70 bits per heavy atom. The van der Waals surface area contributed by atoms with Crippen LogP contribution in [0.3, 0.4) is 0 Å². The first-order chi connectivity index (χ1) is 14.7. The van der Waals surface area contributed by atoms with Crippen LogP contribution in [0.4, 0.5) is 0 Å². The average Bonchev–Trinajstić information content (AvgIpc) is 2.81. The number of hydrogen-bond acceptors (Lipinski definition) is 6. The number of carbonyl (C=O) groups excluding carboxylic acids is 1. The molecule has 0 radical (unpaired) electrons. The normalized spacial score (nSPS) is 16.7. The highest BCUT2D eigenvalue weighted by atomic mass is 16.5. The van der Waals surface area contributed by atoms with Crippen LogP contribution in [0.15, 0.2) is 42.5 Å². The Morgan fingerprint density at radius 3 is 2.33 bits per heavy atom. The molecule has 3 rings (SSSR count). The van der Waals surface area contributed by atoms with Crippen molar-refractivity contribution in [2.75, 3.05) is 41.0 Å². The van der Waals surface area contributed by atoms with Crippen molar-refractivity contribution in [1.82, 2.24) is 4.90 Å². The van der Waals surface area contributed by atoms with Crippen LogP contribution in [0, 0.1) is 0 Å². The van der Waals surface area contributed by atoms with Gasteiger partial charge in [-0.1, -0.05) is 36.8 Å². The van der Waals surface area contributed by atoms with Crippen LogP contribution in [-0.2, 0) is 4.74 Å². The maximum atomic E-state index is 12.5. The van der Waals surface area contributed by atoms with Crippen LogP contribution in [0.2, 0.25) is 0 Å². The lowest BCUT2D eigenvalue weighted by Crippen LogP contribution is -2.34. The fourth-order valence-corrected chi connectivity index (χ4v) is 4.03. The number of hydrogen-bond donors (Lipinski definition) is 0. The zero-order valence-electron chi connectivity index (χ0n) is 18.1. The van der Waals surface area contributed by atoms with Gasteiger partial charge in [0.05, 0.1) is 33.5 Å². The molecule has 2 aromatic rings. The van der Waals surface area contributed by atoms with Gasteiger partial charge in [-0.25, -0.2) is 4.79 Å². The smallest absolute Gasteiger partial charge is 0.338 e. The highest BCUT2D eigenvalue weighted by Gasteiger charge is 2.23. The van der Waals surface area contributed by atoms with Crippen molar-refractivity contribution in [3.8, 4) is 17.2 Å². The summed E-state index contributed by atoms with van der Waals surface area (Å²) in [5.74, 6) is 0.923. The Labute approximate surface area is 178 Å². The van der Waals surface area contributed by atoms with Crippen LogP contribution < -0.4 is 14.2 Å². The van der Waals surface area contributed by atoms with Crippen molar-refractivity contribution >= 4 is 5.97 Å². The van der Waals surface area contributed by atoms with Crippen LogP contribution in [-0.4, -0.2) is 51.9 Å². The Bertz CT molecular complexity index is 799. The molecule has 30 heavy (non-hydrogen) atoms. The molecule has 6 heteroatoms. The summed E-state index contributed by atoms with van der Waals surface area (Å²) in [4.78, 5) is 15.0. The molecule has 162 valence electrons. The molecule has 1 unspecified atom stereocenters. The third kappa shape index (κ3) is 5.25. The van der Waals surface area contributed by atoms with Crippen molar-refractivity contribution < 1.29 is 23.7 Å². The Morgan fingerprint density at radius 1 is 1.00 bits per heavy atom. The second-order valence-corrected chi connectivity index (χ2v) is 7.36. The predicted octanol–water partition coefficient (Wildman–Crippen LogP) is 4.49. The minimum absolute atomic E-state index is 0.369. The molecule has 0 amide bonds. The summed E-state index contributed by atoms with van der Waals surface area (Å²) in [6, 6.07) is 14.3. The van der Waals surface area contributed by atoms with Crippen molar-refractivity contribution in [2.45, 2.75) is 31.7 Å². The van der Waals surface area contributed by atoms with Crippen LogP contribution in [0.25, 0.3) is 0 Å². The quantitative estimate of drug-likeness (QED) is 0.446. The summed E-state index contributed by atoms with van der Waals surface area (Å²) in [6.07, 6.45) is 4.44. The fourth-order valence-electron chi connectivity index (χ4n) is 4.03. The SMILES string of the molecule is COc1cc(C(=O)OCCCN2CCCCC2c2ccccc2)cc(OC)c1OC. The molecule has 1 atom stereocenters. The number of ether oxygens (including phenoxy) is 4. The van der Waals surface area contributed by atoms with Gasteiger partial charge in [0, 0.05) is 12.6 Å². The Kier molecular flexibility index (Phi) is 7.97. The molecule has 0 aliphatic carbocycles. The maximum absolute atomic E-state index is 12.5. The number of esters is 1. The molecule has 6 nitrogen and oxygen atoms in total. The average molecular weight is 414 g/mol. The van der Waals surface area contributed by atoms with Gasteiger partial charge in [-0.05, 0) is 43.5 Å². The lowest BCUT2D eigenvalue weighted by atomic mass is 9.95. The largest absolute Gasteiger partial charge is 0.493 e. The molecule has 0 bridgehead atoms. The number of piperidine rings is 1. The lowest BCUT2D eigenvalue weighted by molar-refractivity contribution is 0.0471. The number of rotatable bonds is 9. The molecule has 1 fully saturated rings. The van der Waals surface area contributed by atoms with Gasteiger partial charge in [0.25, 0.3) is 0 Å². The van der Waals surface area contributed by atoms with Gasteiger partial charge in [0.1, 0.15) is 0 Å². The van der Waals surface area contributed by atoms with E-state index >= 15 is 0 Å². The number of benzene rings is 2. The van der Waals surface area contributed by atoms with Gasteiger partial charge in [0.2, 0.25) is 5.75 Å². The van der Waals surface area contributed by atoms with E-state index < -0.39 is 5.97 Å². The van der Waals surface area contributed by atoms with Crippen molar-refractivity contribution in [1.29, 1.82) is 0 Å². The summed E-state index contributed by atoms with van der Waals surface area (Å²) in [5.41, 5.74) is 1.75. The first-order valence-corrected chi connectivity index (χ1v) is 10.4. The Balaban J connectivity index is 1.55. The summed E-state index contributed by atoms with van der Waals surface area (Å²) < 4.78 is 21.4. The van der Waals surface area contributed by atoms with Crippen LogP contribution >= 0.6 is 0 Å². The van der Waals surface area contributed by atoms with E-state index in [-0.39, 0.29) is 0 Å². The summed E-state index contributed by atoms with van der Waals surface area (Å²) in [6.45, 7) is 2.36. The first-order valence-electron chi connectivity index (χ1n) is 10.4. The minimum atomic E-state index is -0.396. The van der Waals surface area contributed by atoms with Gasteiger partial charge >= 0.3 is 5.97 Å². The molecule has 2 aromatic carbocycles. The van der Waals surface area contributed by atoms with E-state index in [2.05, 4.69) is 35.2 Å². The van der Waals surface area contributed by atoms with E-state index in [1.54, 1.807) is 12.1 Å². The highest BCUT2D eigenvalue weighted by Crippen LogP contribution is 2.38. The van der Waals surface area contributed by atoms with Gasteiger partial charge in [0.15, 0.2) is 11.5 Å². The molecular weight excluding hydrogens is 382 g/mol. The van der Waals surface area contributed by atoms with Gasteiger partial charge < -0.3 is 18.9 Å². The van der Waals surface area contributed by atoms with E-state index in [0.29, 0.717) is 35.5 Å². The lowest BCUT2D eigenvalue weighted by Gasteiger charge is -2.36. The van der Waals surface area contributed by atoms with Crippen LogP contribution in [0.5, 0.6) is 17.2 Å². The Hall–Kier alpha value is -2.73. The van der Waals surface area contributed by atoms with E-state index in [1.807, 2.05) is 0 Å². The van der Waals surface area contributed by atoms with E-state index in [1.165, 1.54) is 46.2 Å². The van der Waals surface area contributed by atoms with E-state index in [4.69, 9.17) is 18.9 Å². The maximum Gasteiger partial charge on any atom is 0.338 e.